The zero-order valence-corrected chi connectivity index (χ0v) is 18.8. The lowest BCUT2D eigenvalue weighted by atomic mass is 10.2. The molecule has 162 valence electrons. The molecule has 1 aliphatic rings. The van der Waals surface area contributed by atoms with Crippen LogP contribution in [-0.2, 0) is 6.54 Å². The third-order valence-corrected chi connectivity index (χ3v) is 7.46. The fraction of sp³-hybridized carbons (Fsp3) is 0.273. The molecule has 1 aliphatic carbocycles. The highest BCUT2D eigenvalue weighted by atomic mass is 32.2. The SMILES string of the molecule is CC(Sc1nnc(C2CC2)n1Cc1ccco1)c1nc2scc(-c3ccco3)c2c(=O)[nH]1. The van der Waals surface area contributed by atoms with Gasteiger partial charge in [-0.15, -0.1) is 21.5 Å². The van der Waals surface area contributed by atoms with Gasteiger partial charge >= 0.3 is 0 Å². The number of nitrogens with one attached hydrogen (secondary N) is 1. The Bertz CT molecular complexity index is 1430. The first kappa shape index (κ1) is 19.6. The predicted octanol–water partition coefficient (Wildman–Crippen LogP) is 5.21. The van der Waals surface area contributed by atoms with Crippen LogP contribution in [0.4, 0.5) is 0 Å². The summed E-state index contributed by atoms with van der Waals surface area (Å²) in [6.07, 6.45) is 5.55. The number of aromatic nitrogens is 5. The normalized spacial score (nSPS) is 14.9. The van der Waals surface area contributed by atoms with E-state index in [0.717, 1.165) is 35.1 Å². The van der Waals surface area contributed by atoms with Crippen LogP contribution >= 0.6 is 23.1 Å². The van der Waals surface area contributed by atoms with E-state index < -0.39 is 0 Å². The summed E-state index contributed by atoms with van der Waals surface area (Å²) in [7, 11) is 0. The smallest absolute Gasteiger partial charge is 0.260 e. The largest absolute Gasteiger partial charge is 0.467 e. The van der Waals surface area contributed by atoms with Gasteiger partial charge in [-0.25, -0.2) is 4.98 Å². The molecule has 6 rings (SSSR count). The van der Waals surface area contributed by atoms with Crippen molar-refractivity contribution in [2.24, 2.45) is 0 Å². The van der Waals surface area contributed by atoms with Crippen molar-refractivity contribution in [2.75, 3.05) is 0 Å². The summed E-state index contributed by atoms with van der Waals surface area (Å²) < 4.78 is 13.1. The molecule has 0 saturated heterocycles. The van der Waals surface area contributed by atoms with Crippen LogP contribution in [0.3, 0.4) is 0 Å². The number of H-pyrrole nitrogens is 1. The minimum Gasteiger partial charge on any atom is -0.467 e. The molecule has 1 fully saturated rings. The Balaban J connectivity index is 1.32. The first-order chi connectivity index (χ1) is 15.7. The molecule has 1 saturated carbocycles. The van der Waals surface area contributed by atoms with Gasteiger partial charge in [0.15, 0.2) is 5.16 Å². The van der Waals surface area contributed by atoms with Crippen LogP contribution in [0.5, 0.6) is 0 Å². The second-order valence-electron chi connectivity index (χ2n) is 7.80. The van der Waals surface area contributed by atoms with E-state index in [2.05, 4.69) is 19.7 Å². The van der Waals surface area contributed by atoms with Crippen molar-refractivity contribution in [3.05, 3.63) is 69.9 Å². The van der Waals surface area contributed by atoms with Crippen molar-refractivity contribution in [3.63, 3.8) is 0 Å². The van der Waals surface area contributed by atoms with Crippen LogP contribution < -0.4 is 5.56 Å². The summed E-state index contributed by atoms with van der Waals surface area (Å²) in [6.45, 7) is 2.60. The molecule has 1 atom stereocenters. The van der Waals surface area contributed by atoms with E-state index in [1.807, 2.05) is 36.6 Å². The summed E-state index contributed by atoms with van der Waals surface area (Å²) in [6, 6.07) is 7.49. The number of hydrogen-bond acceptors (Lipinski definition) is 8. The molecule has 8 nitrogen and oxygen atoms in total. The van der Waals surface area contributed by atoms with Gasteiger partial charge in [0.25, 0.3) is 5.56 Å². The van der Waals surface area contributed by atoms with Gasteiger partial charge in [-0.2, -0.15) is 0 Å². The van der Waals surface area contributed by atoms with Crippen LogP contribution in [0.1, 0.15) is 48.3 Å². The number of rotatable bonds is 7. The standard InChI is InChI=1S/C22H19N5O3S2/c1-12(18-23-20(28)17-15(11-31-21(17)24-18)16-5-3-9-30-16)32-22-26-25-19(13-6-7-13)27(22)10-14-4-2-8-29-14/h2-5,8-9,11-13H,6-7,10H2,1H3,(H,23,24,28). The molecule has 0 spiro atoms. The van der Waals surface area contributed by atoms with E-state index in [1.165, 1.54) is 23.1 Å². The van der Waals surface area contributed by atoms with E-state index in [-0.39, 0.29) is 10.8 Å². The minimum absolute atomic E-state index is 0.118. The monoisotopic (exact) mass is 465 g/mol. The Labute approximate surface area is 190 Å². The van der Waals surface area contributed by atoms with E-state index in [1.54, 1.807) is 12.5 Å². The van der Waals surface area contributed by atoms with Gasteiger partial charge in [-0.1, -0.05) is 11.8 Å². The first-order valence-electron chi connectivity index (χ1n) is 10.3. The van der Waals surface area contributed by atoms with Crippen molar-refractivity contribution >= 4 is 33.3 Å². The fourth-order valence-electron chi connectivity index (χ4n) is 3.72. The van der Waals surface area contributed by atoms with Crippen LogP contribution in [0.15, 0.2) is 61.0 Å². The average molecular weight is 466 g/mol. The van der Waals surface area contributed by atoms with Crippen molar-refractivity contribution in [1.82, 2.24) is 24.7 Å². The van der Waals surface area contributed by atoms with Gasteiger partial charge in [-0.05, 0) is 44.0 Å². The number of hydrogen-bond donors (Lipinski definition) is 1. The molecule has 0 radical (unpaired) electrons. The number of furan rings is 2. The van der Waals surface area contributed by atoms with E-state index in [0.29, 0.717) is 34.3 Å². The highest BCUT2D eigenvalue weighted by molar-refractivity contribution is 7.99. The lowest BCUT2D eigenvalue weighted by Gasteiger charge is -2.12. The number of aromatic amines is 1. The average Bonchev–Trinajstić information content (AvgIpc) is 3.24. The Kier molecular flexibility index (Phi) is 4.76. The number of nitrogens with zero attached hydrogens (tertiary/aromatic N) is 4. The molecule has 5 heterocycles. The quantitative estimate of drug-likeness (QED) is 0.329. The van der Waals surface area contributed by atoms with Crippen LogP contribution in [-0.4, -0.2) is 24.7 Å². The third kappa shape index (κ3) is 3.49. The zero-order valence-electron chi connectivity index (χ0n) is 17.1. The van der Waals surface area contributed by atoms with Crippen LogP contribution in [0.25, 0.3) is 21.5 Å². The lowest BCUT2D eigenvalue weighted by Crippen LogP contribution is -2.13. The van der Waals surface area contributed by atoms with Gasteiger partial charge in [0.1, 0.15) is 28.0 Å². The Morgan fingerprint density at radius 2 is 2.09 bits per heavy atom. The molecule has 0 aromatic carbocycles. The van der Waals surface area contributed by atoms with Crippen LogP contribution in [0, 0.1) is 0 Å². The summed E-state index contributed by atoms with van der Waals surface area (Å²) in [5.41, 5.74) is 0.601. The third-order valence-electron chi connectivity index (χ3n) is 5.50. The molecule has 5 aromatic heterocycles. The molecule has 0 amide bonds. The summed E-state index contributed by atoms with van der Waals surface area (Å²) in [5, 5.41) is 12.1. The van der Waals surface area contributed by atoms with Gasteiger partial charge < -0.3 is 13.8 Å². The fourth-order valence-corrected chi connectivity index (χ4v) is 5.57. The Morgan fingerprint density at radius 3 is 2.84 bits per heavy atom. The van der Waals surface area contributed by atoms with Crippen LogP contribution in [0.2, 0.25) is 0 Å². The van der Waals surface area contributed by atoms with Crippen molar-refractivity contribution in [1.29, 1.82) is 0 Å². The number of thioether (sulfide) groups is 1. The summed E-state index contributed by atoms with van der Waals surface area (Å²) in [4.78, 5) is 21.3. The molecule has 1 N–H and O–H groups in total. The van der Waals surface area contributed by atoms with Crippen molar-refractivity contribution in [3.8, 4) is 11.3 Å². The highest BCUT2D eigenvalue weighted by Gasteiger charge is 2.31. The second-order valence-corrected chi connectivity index (χ2v) is 9.96. The molecule has 0 aliphatic heterocycles. The zero-order chi connectivity index (χ0) is 21.7. The van der Waals surface area contributed by atoms with Gasteiger partial charge in [0.2, 0.25) is 0 Å². The van der Waals surface area contributed by atoms with E-state index in [4.69, 9.17) is 13.8 Å². The van der Waals surface area contributed by atoms with E-state index in [9.17, 15) is 4.79 Å². The van der Waals surface area contributed by atoms with Crippen molar-refractivity contribution < 1.29 is 8.83 Å². The Hall–Kier alpha value is -3.11. The van der Waals surface area contributed by atoms with Gasteiger partial charge in [0.05, 0.1) is 29.7 Å². The second kappa shape index (κ2) is 7.79. The maximum atomic E-state index is 12.9. The topological polar surface area (TPSA) is 103 Å². The summed E-state index contributed by atoms with van der Waals surface area (Å²) in [5.74, 6) is 3.59. The van der Waals surface area contributed by atoms with E-state index >= 15 is 0 Å². The highest BCUT2D eigenvalue weighted by Crippen LogP contribution is 2.42. The molecule has 5 aromatic rings. The molecular weight excluding hydrogens is 446 g/mol. The van der Waals surface area contributed by atoms with Gasteiger partial charge in [-0.3, -0.25) is 9.36 Å². The predicted molar refractivity (Wildman–Crippen MR) is 122 cm³/mol. The Morgan fingerprint density at radius 1 is 1.25 bits per heavy atom. The lowest BCUT2D eigenvalue weighted by molar-refractivity contribution is 0.478. The van der Waals surface area contributed by atoms with Gasteiger partial charge in [0, 0.05) is 16.9 Å². The molecule has 32 heavy (non-hydrogen) atoms. The molecule has 10 heteroatoms. The first-order valence-corrected chi connectivity index (χ1v) is 12.1. The number of fused-ring (bicyclic) bond motifs is 1. The molecular formula is C22H19N5O3S2. The number of thiophene rings is 1. The van der Waals surface area contributed by atoms with Crippen molar-refractivity contribution in [2.45, 2.75) is 42.6 Å². The molecule has 0 bridgehead atoms. The molecule has 1 unspecified atom stereocenters. The minimum atomic E-state index is -0.166. The maximum absolute atomic E-state index is 12.9. The summed E-state index contributed by atoms with van der Waals surface area (Å²) >= 11 is 2.97. The maximum Gasteiger partial charge on any atom is 0.260 e.